The minimum absolute atomic E-state index is 0.149. The third-order valence-electron chi connectivity index (χ3n) is 5.00. The number of alkyl halides is 3. The maximum absolute atomic E-state index is 12.4. The van der Waals surface area contributed by atoms with E-state index in [0.29, 0.717) is 0 Å². The van der Waals surface area contributed by atoms with Gasteiger partial charge in [-0.25, -0.2) is 0 Å². The topological polar surface area (TPSA) is 61.8 Å². The van der Waals surface area contributed by atoms with Gasteiger partial charge in [-0.1, -0.05) is 25.5 Å². The van der Waals surface area contributed by atoms with Crippen LogP contribution in [0.25, 0.3) is 0 Å². The lowest BCUT2D eigenvalue weighted by molar-refractivity contribution is -0.0500. The quantitative estimate of drug-likeness (QED) is 0.396. The molecule has 0 saturated carbocycles. The summed E-state index contributed by atoms with van der Waals surface area (Å²) in [6.45, 7) is 9.76. The van der Waals surface area contributed by atoms with E-state index in [4.69, 9.17) is 9.31 Å². The van der Waals surface area contributed by atoms with Crippen LogP contribution in [0.1, 0.15) is 58.8 Å². The van der Waals surface area contributed by atoms with E-state index in [-0.39, 0.29) is 5.82 Å². The van der Waals surface area contributed by atoms with Gasteiger partial charge in [0, 0.05) is 5.82 Å². The summed E-state index contributed by atoms with van der Waals surface area (Å²) in [5, 5.41) is 0. The second kappa shape index (κ2) is 7.29. The molecular weight excluding hydrogens is 384 g/mol. The van der Waals surface area contributed by atoms with Gasteiger partial charge in [0.25, 0.3) is 0 Å². The van der Waals surface area contributed by atoms with Gasteiger partial charge in [-0.2, -0.15) is 21.6 Å². The van der Waals surface area contributed by atoms with E-state index >= 15 is 0 Å². The summed E-state index contributed by atoms with van der Waals surface area (Å²) in [5.74, 6) is -0.551. The maximum atomic E-state index is 12.4. The summed E-state index contributed by atoms with van der Waals surface area (Å²) >= 11 is 0. The van der Waals surface area contributed by atoms with Crippen LogP contribution in [-0.2, 0) is 19.4 Å². The molecule has 152 valence electrons. The van der Waals surface area contributed by atoms with Crippen molar-refractivity contribution in [2.75, 3.05) is 0 Å². The van der Waals surface area contributed by atoms with Gasteiger partial charge < -0.3 is 13.5 Å². The van der Waals surface area contributed by atoms with Crippen molar-refractivity contribution in [3.8, 4) is 5.75 Å². The molecule has 0 spiro atoms. The average molecular weight is 408 g/mol. The zero-order chi connectivity index (χ0) is 20.7. The molecule has 27 heavy (non-hydrogen) atoms. The van der Waals surface area contributed by atoms with Crippen molar-refractivity contribution in [1.82, 2.24) is 0 Å². The Labute approximate surface area is 158 Å². The van der Waals surface area contributed by atoms with E-state index in [2.05, 4.69) is 4.18 Å². The standard InChI is InChI=1S/C17H24BF3O5S/c1-6-7-14(18-25-15(2,3)16(4,5)26-18)12-8-10-13(11-9-12)24-27(22,23)17(19,20)21/h8-11,14H,6-7H2,1-5H3/t14-/m0/s1. The number of halogens is 3. The first kappa shape index (κ1) is 22.0. The predicted molar refractivity (Wildman–Crippen MR) is 95.8 cm³/mol. The van der Waals surface area contributed by atoms with Crippen LogP contribution in [-0.4, -0.2) is 32.2 Å². The third kappa shape index (κ3) is 4.60. The van der Waals surface area contributed by atoms with Crippen molar-refractivity contribution in [1.29, 1.82) is 0 Å². The molecule has 1 aromatic carbocycles. The summed E-state index contributed by atoms with van der Waals surface area (Å²) in [6.07, 6.45) is 1.58. The van der Waals surface area contributed by atoms with Crippen molar-refractivity contribution in [2.24, 2.45) is 0 Å². The number of hydrogen-bond acceptors (Lipinski definition) is 5. The van der Waals surface area contributed by atoms with Crippen LogP contribution in [0.3, 0.4) is 0 Å². The normalized spacial score (nSPS) is 20.5. The van der Waals surface area contributed by atoms with Gasteiger partial charge >= 0.3 is 22.7 Å². The SMILES string of the molecule is CCC[C@H](B1OC(C)(C)C(C)(C)O1)c1ccc(OS(=O)(=O)C(F)(F)F)cc1. The number of rotatable bonds is 6. The molecular formula is C17H24BF3O5S. The fourth-order valence-electron chi connectivity index (χ4n) is 2.77. The first-order valence-electron chi connectivity index (χ1n) is 8.66. The number of benzene rings is 1. The van der Waals surface area contributed by atoms with Crippen LogP contribution in [0, 0.1) is 0 Å². The molecule has 10 heteroatoms. The Morgan fingerprint density at radius 3 is 1.96 bits per heavy atom. The van der Waals surface area contributed by atoms with Crippen LogP contribution < -0.4 is 4.18 Å². The highest BCUT2D eigenvalue weighted by atomic mass is 32.2. The predicted octanol–water partition coefficient (Wildman–Crippen LogP) is 4.43. The fraction of sp³-hybridized carbons (Fsp3) is 0.647. The molecule has 0 aliphatic carbocycles. The molecule has 1 heterocycles. The highest BCUT2D eigenvalue weighted by Gasteiger charge is 2.53. The van der Waals surface area contributed by atoms with Gasteiger partial charge in [-0.15, -0.1) is 0 Å². The summed E-state index contributed by atoms with van der Waals surface area (Å²) in [7, 11) is -6.20. The van der Waals surface area contributed by atoms with E-state index in [1.165, 1.54) is 24.3 Å². The molecule has 0 bridgehead atoms. The molecule has 1 atom stereocenters. The summed E-state index contributed by atoms with van der Waals surface area (Å²) in [6, 6.07) is 5.47. The molecule has 0 aromatic heterocycles. The molecule has 1 saturated heterocycles. The smallest absolute Gasteiger partial charge is 0.403 e. The Bertz CT molecular complexity index is 744. The van der Waals surface area contributed by atoms with Gasteiger partial charge in [0.2, 0.25) is 0 Å². The van der Waals surface area contributed by atoms with Gasteiger partial charge in [0.15, 0.2) is 0 Å². The molecule has 2 rings (SSSR count). The van der Waals surface area contributed by atoms with Crippen molar-refractivity contribution in [3.63, 3.8) is 0 Å². The molecule has 0 amide bonds. The second-order valence-corrected chi connectivity index (χ2v) is 9.11. The molecule has 1 aromatic rings. The maximum Gasteiger partial charge on any atom is 0.534 e. The minimum Gasteiger partial charge on any atom is -0.403 e. The summed E-state index contributed by atoms with van der Waals surface area (Å²) in [4.78, 5) is 0. The first-order chi connectivity index (χ1) is 12.2. The first-order valence-corrected chi connectivity index (χ1v) is 10.1. The van der Waals surface area contributed by atoms with Gasteiger partial charge in [0.05, 0.1) is 11.2 Å². The molecule has 0 N–H and O–H groups in total. The molecule has 0 unspecified atom stereocenters. The highest BCUT2D eigenvalue weighted by molar-refractivity contribution is 7.88. The van der Waals surface area contributed by atoms with Crippen LogP contribution >= 0.6 is 0 Å². The summed E-state index contributed by atoms with van der Waals surface area (Å²) < 4.78 is 75.8. The average Bonchev–Trinajstić information content (AvgIpc) is 2.72. The molecule has 5 nitrogen and oxygen atoms in total. The van der Waals surface area contributed by atoms with Gasteiger partial charge in [-0.3, -0.25) is 0 Å². The second-order valence-electron chi connectivity index (χ2n) is 7.57. The number of hydrogen-bond donors (Lipinski definition) is 0. The van der Waals surface area contributed by atoms with Crippen molar-refractivity contribution < 1.29 is 35.1 Å². The minimum atomic E-state index is -5.69. The van der Waals surface area contributed by atoms with Gasteiger partial charge in [-0.05, 0) is 51.8 Å². The van der Waals surface area contributed by atoms with E-state index in [1.54, 1.807) is 0 Å². The third-order valence-corrected chi connectivity index (χ3v) is 5.98. The molecule has 0 radical (unpaired) electrons. The van der Waals surface area contributed by atoms with Crippen LogP contribution in [0.15, 0.2) is 24.3 Å². The van der Waals surface area contributed by atoms with Crippen molar-refractivity contribution >= 4 is 17.2 Å². The van der Waals surface area contributed by atoms with Gasteiger partial charge in [0.1, 0.15) is 5.75 Å². The van der Waals surface area contributed by atoms with Crippen molar-refractivity contribution in [2.45, 2.75) is 70.0 Å². The van der Waals surface area contributed by atoms with E-state index < -0.39 is 39.7 Å². The van der Waals surface area contributed by atoms with Crippen LogP contribution in [0.4, 0.5) is 13.2 Å². The monoisotopic (exact) mass is 408 g/mol. The van der Waals surface area contributed by atoms with E-state index in [0.717, 1.165) is 18.4 Å². The lowest BCUT2D eigenvalue weighted by Crippen LogP contribution is -2.41. The zero-order valence-electron chi connectivity index (χ0n) is 16.0. The van der Waals surface area contributed by atoms with E-state index in [9.17, 15) is 21.6 Å². The van der Waals surface area contributed by atoms with Crippen molar-refractivity contribution in [3.05, 3.63) is 29.8 Å². The Kier molecular flexibility index (Phi) is 5.95. The lowest BCUT2D eigenvalue weighted by atomic mass is 9.66. The molecule has 1 aliphatic rings. The summed E-state index contributed by atoms with van der Waals surface area (Å²) in [5.41, 5.74) is -5.72. The fourth-order valence-corrected chi connectivity index (χ4v) is 3.23. The Morgan fingerprint density at radius 1 is 1.07 bits per heavy atom. The highest BCUT2D eigenvalue weighted by Crippen LogP contribution is 2.42. The Morgan fingerprint density at radius 2 is 1.56 bits per heavy atom. The van der Waals surface area contributed by atoms with E-state index in [1.807, 2.05) is 34.6 Å². The zero-order valence-corrected chi connectivity index (χ0v) is 16.8. The largest absolute Gasteiger partial charge is 0.534 e. The lowest BCUT2D eigenvalue weighted by Gasteiger charge is -2.32. The van der Waals surface area contributed by atoms with Crippen LogP contribution in [0.2, 0.25) is 0 Å². The molecule has 1 fully saturated rings. The Balaban J connectivity index is 2.23. The molecule has 1 aliphatic heterocycles. The Hall–Kier alpha value is -1.26. The van der Waals surface area contributed by atoms with Crippen LogP contribution in [0.5, 0.6) is 5.75 Å².